The fraction of sp³-hybridized carbons (Fsp3) is 0.250. The van der Waals surface area contributed by atoms with Gasteiger partial charge < -0.3 is 19.9 Å². The Labute approximate surface area is 139 Å². The maximum Gasteiger partial charge on any atom is 0.407 e. The van der Waals surface area contributed by atoms with Crippen LogP contribution < -0.4 is 10.6 Å². The summed E-state index contributed by atoms with van der Waals surface area (Å²) in [6.45, 7) is 0.760. The van der Waals surface area contributed by atoms with Crippen LogP contribution in [0.5, 0.6) is 0 Å². The summed E-state index contributed by atoms with van der Waals surface area (Å²) in [4.78, 5) is 23.1. The van der Waals surface area contributed by atoms with E-state index in [1.54, 1.807) is 12.1 Å². The molecule has 0 saturated carbocycles. The minimum absolute atomic E-state index is 0.160. The molecule has 0 atom stereocenters. The molecule has 0 saturated heterocycles. The first-order valence-electron chi connectivity index (χ1n) is 7.19. The number of aromatic nitrogens is 1. The third-order valence-electron chi connectivity index (χ3n) is 3.02. The van der Waals surface area contributed by atoms with Crippen molar-refractivity contribution >= 4 is 23.6 Å². The van der Waals surface area contributed by atoms with Crippen LogP contribution in [0.25, 0.3) is 5.69 Å². The van der Waals surface area contributed by atoms with Crippen LogP contribution in [0.15, 0.2) is 48.8 Å². The first-order chi connectivity index (χ1) is 11.2. The highest BCUT2D eigenvalue weighted by Crippen LogP contribution is 2.09. The predicted octanol–water partition coefficient (Wildman–Crippen LogP) is 2.17. The zero-order valence-corrected chi connectivity index (χ0v) is 13.3. The second-order valence-electron chi connectivity index (χ2n) is 4.64. The van der Waals surface area contributed by atoms with E-state index in [1.807, 2.05) is 41.2 Å². The average Bonchev–Trinajstić information content (AvgIpc) is 3.11. The Morgan fingerprint density at radius 2 is 1.70 bits per heavy atom. The number of hydrogen-bond donors (Lipinski definition) is 2. The molecule has 0 bridgehead atoms. The van der Waals surface area contributed by atoms with E-state index in [0.717, 1.165) is 5.69 Å². The summed E-state index contributed by atoms with van der Waals surface area (Å²) >= 11 is 5.40. The first kappa shape index (κ1) is 16.9. The molecule has 0 spiro atoms. The maximum absolute atomic E-state index is 12.0. The molecule has 1 heterocycles. The molecule has 2 rings (SSSR count). The summed E-state index contributed by atoms with van der Waals surface area (Å²) in [7, 11) is 0. The van der Waals surface area contributed by atoms with E-state index in [9.17, 15) is 9.59 Å². The lowest BCUT2D eigenvalue weighted by molar-refractivity contribution is 0.0952. The summed E-state index contributed by atoms with van der Waals surface area (Å²) in [6, 6.07) is 11.1. The van der Waals surface area contributed by atoms with Gasteiger partial charge in [-0.25, -0.2) is 4.79 Å². The van der Waals surface area contributed by atoms with Crippen LogP contribution in [-0.4, -0.2) is 42.1 Å². The predicted molar refractivity (Wildman–Crippen MR) is 88.2 cm³/mol. The number of amides is 2. The number of benzene rings is 1. The van der Waals surface area contributed by atoms with Gasteiger partial charge in [0.25, 0.3) is 5.91 Å². The fourth-order valence-electron chi connectivity index (χ4n) is 1.92. The van der Waals surface area contributed by atoms with E-state index in [-0.39, 0.29) is 24.9 Å². The standard InChI is InChI=1S/C16H18ClN3O3/c17-7-12-23-16(22)19-9-8-18-15(21)13-3-5-14(6-4-13)20-10-1-2-11-20/h1-6,10-11H,7-9,12H2,(H,18,21)(H,19,22). The molecule has 122 valence electrons. The molecule has 7 heteroatoms. The highest BCUT2D eigenvalue weighted by molar-refractivity contribution is 6.18. The maximum atomic E-state index is 12.0. The van der Waals surface area contributed by atoms with Gasteiger partial charge in [0.1, 0.15) is 6.61 Å². The Morgan fingerprint density at radius 1 is 1.04 bits per heavy atom. The highest BCUT2D eigenvalue weighted by Gasteiger charge is 2.06. The SMILES string of the molecule is O=C(NCCNC(=O)c1ccc(-n2cccc2)cc1)OCCCl. The Bertz CT molecular complexity index is 627. The van der Waals surface area contributed by atoms with Crippen LogP contribution >= 0.6 is 11.6 Å². The van der Waals surface area contributed by atoms with E-state index in [2.05, 4.69) is 10.6 Å². The second kappa shape index (κ2) is 8.85. The van der Waals surface area contributed by atoms with Crippen molar-refractivity contribution in [3.05, 3.63) is 54.4 Å². The molecule has 1 aromatic heterocycles. The van der Waals surface area contributed by atoms with E-state index in [4.69, 9.17) is 16.3 Å². The lowest BCUT2D eigenvalue weighted by Gasteiger charge is -2.08. The number of halogens is 1. The number of carbonyl (C=O) groups excluding carboxylic acids is 2. The molecule has 0 radical (unpaired) electrons. The summed E-state index contributed by atoms with van der Waals surface area (Å²) in [5.41, 5.74) is 1.54. The number of ether oxygens (including phenoxy) is 1. The van der Waals surface area contributed by atoms with E-state index >= 15 is 0 Å². The number of rotatable bonds is 7. The third kappa shape index (κ3) is 5.34. The van der Waals surface area contributed by atoms with Crippen LogP contribution in [-0.2, 0) is 4.74 Å². The molecular weight excluding hydrogens is 318 g/mol. The van der Waals surface area contributed by atoms with Crippen LogP contribution in [0.2, 0.25) is 0 Å². The molecule has 23 heavy (non-hydrogen) atoms. The lowest BCUT2D eigenvalue weighted by Crippen LogP contribution is -2.35. The van der Waals surface area contributed by atoms with E-state index in [1.165, 1.54) is 0 Å². The number of alkyl carbamates (subject to hydrolysis) is 1. The first-order valence-corrected chi connectivity index (χ1v) is 7.72. The van der Waals surface area contributed by atoms with Gasteiger partial charge in [-0.15, -0.1) is 11.6 Å². The molecule has 0 fully saturated rings. The highest BCUT2D eigenvalue weighted by atomic mass is 35.5. The Kier molecular flexibility index (Phi) is 6.50. The van der Waals surface area contributed by atoms with Gasteiger partial charge >= 0.3 is 6.09 Å². The van der Waals surface area contributed by atoms with Crippen molar-refractivity contribution in [3.8, 4) is 5.69 Å². The molecule has 0 aliphatic rings. The molecule has 1 aromatic carbocycles. The van der Waals surface area contributed by atoms with Crippen molar-refractivity contribution in [1.82, 2.24) is 15.2 Å². The van der Waals surface area contributed by atoms with Crippen molar-refractivity contribution < 1.29 is 14.3 Å². The molecule has 2 amide bonds. The smallest absolute Gasteiger partial charge is 0.407 e. The van der Waals surface area contributed by atoms with Gasteiger partial charge in [0.2, 0.25) is 0 Å². The molecule has 0 unspecified atom stereocenters. The average molecular weight is 336 g/mol. The Hall–Kier alpha value is -2.47. The zero-order chi connectivity index (χ0) is 16.5. The van der Waals surface area contributed by atoms with E-state index < -0.39 is 6.09 Å². The molecule has 2 N–H and O–H groups in total. The Balaban J connectivity index is 1.74. The fourth-order valence-corrected chi connectivity index (χ4v) is 1.99. The van der Waals surface area contributed by atoms with Crippen LogP contribution in [0.1, 0.15) is 10.4 Å². The largest absolute Gasteiger partial charge is 0.448 e. The molecule has 0 aliphatic carbocycles. The normalized spacial score (nSPS) is 10.1. The van der Waals surface area contributed by atoms with Gasteiger partial charge in [0, 0.05) is 36.7 Å². The summed E-state index contributed by atoms with van der Waals surface area (Å²) in [6.07, 6.45) is 3.32. The second-order valence-corrected chi connectivity index (χ2v) is 5.02. The third-order valence-corrected chi connectivity index (χ3v) is 3.18. The molecule has 0 aliphatic heterocycles. The molecule has 6 nitrogen and oxygen atoms in total. The topological polar surface area (TPSA) is 72.4 Å². The minimum atomic E-state index is -0.545. The number of alkyl halides is 1. The van der Waals surface area contributed by atoms with Crippen LogP contribution in [0, 0.1) is 0 Å². The Morgan fingerprint density at radius 3 is 2.35 bits per heavy atom. The summed E-state index contributed by atoms with van der Waals surface area (Å²) < 4.78 is 6.69. The van der Waals surface area contributed by atoms with Gasteiger partial charge in [-0.05, 0) is 36.4 Å². The van der Waals surface area contributed by atoms with Gasteiger partial charge in [0.15, 0.2) is 0 Å². The monoisotopic (exact) mass is 335 g/mol. The summed E-state index contributed by atoms with van der Waals surface area (Å²) in [5, 5.41) is 5.24. The molecular formula is C16H18ClN3O3. The lowest BCUT2D eigenvalue weighted by atomic mass is 10.2. The number of nitrogens with zero attached hydrogens (tertiary/aromatic N) is 1. The summed E-state index contributed by atoms with van der Waals surface area (Å²) in [5.74, 6) is 0.0587. The van der Waals surface area contributed by atoms with Gasteiger partial charge in [-0.2, -0.15) is 0 Å². The van der Waals surface area contributed by atoms with Crippen molar-refractivity contribution in [3.63, 3.8) is 0 Å². The quantitative estimate of drug-likeness (QED) is 0.601. The van der Waals surface area contributed by atoms with Gasteiger partial charge in [-0.3, -0.25) is 4.79 Å². The van der Waals surface area contributed by atoms with Crippen LogP contribution in [0.4, 0.5) is 4.79 Å². The number of hydrogen-bond acceptors (Lipinski definition) is 3. The number of nitrogens with one attached hydrogen (secondary N) is 2. The van der Waals surface area contributed by atoms with E-state index in [0.29, 0.717) is 12.1 Å². The van der Waals surface area contributed by atoms with Crippen molar-refractivity contribution in [2.24, 2.45) is 0 Å². The van der Waals surface area contributed by atoms with Crippen molar-refractivity contribution in [2.75, 3.05) is 25.6 Å². The van der Waals surface area contributed by atoms with Crippen molar-refractivity contribution in [2.45, 2.75) is 0 Å². The zero-order valence-electron chi connectivity index (χ0n) is 12.5. The molecule has 2 aromatic rings. The minimum Gasteiger partial charge on any atom is -0.448 e. The van der Waals surface area contributed by atoms with Crippen LogP contribution in [0.3, 0.4) is 0 Å². The number of carbonyl (C=O) groups is 2. The van der Waals surface area contributed by atoms with Gasteiger partial charge in [-0.1, -0.05) is 0 Å². The van der Waals surface area contributed by atoms with Gasteiger partial charge in [0.05, 0.1) is 5.88 Å². The van der Waals surface area contributed by atoms with Crippen molar-refractivity contribution in [1.29, 1.82) is 0 Å².